The second kappa shape index (κ2) is 5.24. The van der Waals surface area contributed by atoms with Gasteiger partial charge >= 0.3 is 0 Å². The molecule has 0 saturated heterocycles. The summed E-state index contributed by atoms with van der Waals surface area (Å²) in [5.74, 6) is -0.0538. The van der Waals surface area contributed by atoms with Gasteiger partial charge in [-0.05, 0) is 29.8 Å². The zero-order valence-electron chi connectivity index (χ0n) is 9.63. The second-order valence-electron chi connectivity index (χ2n) is 3.69. The monoisotopic (exact) mass is 243 g/mol. The van der Waals surface area contributed by atoms with E-state index in [1.807, 2.05) is 24.3 Å². The summed E-state index contributed by atoms with van der Waals surface area (Å²) in [7, 11) is 0. The van der Waals surface area contributed by atoms with Gasteiger partial charge in [0.2, 0.25) is 0 Å². The van der Waals surface area contributed by atoms with E-state index in [1.54, 1.807) is 6.07 Å². The molecule has 18 heavy (non-hydrogen) atoms. The van der Waals surface area contributed by atoms with Gasteiger partial charge in [-0.1, -0.05) is 12.1 Å². The molecule has 1 aromatic carbocycles. The molecule has 1 aromatic heterocycles. The van der Waals surface area contributed by atoms with Crippen LogP contribution in [0, 0.1) is 0 Å². The second-order valence-corrected chi connectivity index (χ2v) is 3.69. The predicted octanol–water partition coefficient (Wildman–Crippen LogP) is 0.778. The number of rotatable bonds is 4. The number of nitrogens with one attached hydrogen (secondary N) is 1. The molecule has 0 unspecified atom stereocenters. The number of anilines is 2. The van der Waals surface area contributed by atoms with Crippen LogP contribution in [0.4, 0.5) is 11.5 Å². The summed E-state index contributed by atoms with van der Waals surface area (Å²) in [6, 6.07) is 10.8. The van der Waals surface area contributed by atoms with Gasteiger partial charge in [0.25, 0.3) is 5.91 Å². The van der Waals surface area contributed by atoms with Gasteiger partial charge < -0.3 is 16.8 Å². The fraction of sp³-hybridized carbons (Fsp3) is 0.0833. The molecule has 0 aliphatic carbocycles. The molecule has 0 fully saturated rings. The molecule has 0 radical (unpaired) electrons. The minimum absolute atomic E-state index is 0.138. The number of amides is 1. The third-order valence-corrected chi connectivity index (χ3v) is 2.38. The van der Waals surface area contributed by atoms with Crippen molar-refractivity contribution in [3.05, 3.63) is 47.7 Å². The van der Waals surface area contributed by atoms with Gasteiger partial charge in [-0.3, -0.25) is 4.79 Å². The van der Waals surface area contributed by atoms with E-state index in [9.17, 15) is 4.79 Å². The molecule has 6 nitrogen and oxygen atoms in total. The van der Waals surface area contributed by atoms with E-state index < -0.39 is 5.91 Å². The maximum Gasteiger partial charge on any atom is 0.269 e. The molecular weight excluding hydrogens is 230 g/mol. The van der Waals surface area contributed by atoms with Crippen LogP contribution in [0.1, 0.15) is 16.1 Å². The SMILES string of the molecule is NCc1ccc(Nc2ccc(C(N)=O)nn2)cc1. The Hall–Kier alpha value is -2.47. The van der Waals surface area contributed by atoms with Gasteiger partial charge in [0.05, 0.1) is 0 Å². The fourth-order valence-corrected chi connectivity index (χ4v) is 1.40. The van der Waals surface area contributed by atoms with Crippen molar-refractivity contribution in [2.75, 3.05) is 5.32 Å². The van der Waals surface area contributed by atoms with Gasteiger partial charge in [-0.2, -0.15) is 0 Å². The van der Waals surface area contributed by atoms with E-state index in [4.69, 9.17) is 11.5 Å². The van der Waals surface area contributed by atoms with E-state index in [2.05, 4.69) is 15.5 Å². The number of primary amides is 1. The van der Waals surface area contributed by atoms with Crippen molar-refractivity contribution in [2.24, 2.45) is 11.5 Å². The van der Waals surface area contributed by atoms with Gasteiger partial charge in [-0.15, -0.1) is 10.2 Å². The molecule has 6 heteroatoms. The van der Waals surface area contributed by atoms with Crippen LogP contribution in [0.2, 0.25) is 0 Å². The van der Waals surface area contributed by atoms with E-state index in [1.165, 1.54) is 6.07 Å². The highest BCUT2D eigenvalue weighted by Gasteiger charge is 2.03. The number of carbonyl (C=O) groups is 1. The number of hydrogen-bond acceptors (Lipinski definition) is 5. The number of nitrogens with two attached hydrogens (primary N) is 2. The molecule has 0 saturated carbocycles. The Morgan fingerprint density at radius 2 is 1.83 bits per heavy atom. The highest BCUT2D eigenvalue weighted by Crippen LogP contribution is 2.14. The Balaban J connectivity index is 2.10. The topological polar surface area (TPSA) is 107 Å². The molecule has 0 spiro atoms. The van der Waals surface area contributed by atoms with Crippen LogP contribution in [0.25, 0.3) is 0 Å². The van der Waals surface area contributed by atoms with Crippen LogP contribution >= 0.6 is 0 Å². The van der Waals surface area contributed by atoms with Gasteiger partial charge in [0.1, 0.15) is 0 Å². The first-order valence-electron chi connectivity index (χ1n) is 5.38. The van der Waals surface area contributed by atoms with Gasteiger partial charge in [0, 0.05) is 12.2 Å². The molecule has 92 valence electrons. The molecule has 1 heterocycles. The van der Waals surface area contributed by atoms with Crippen LogP contribution in [-0.2, 0) is 6.54 Å². The zero-order valence-corrected chi connectivity index (χ0v) is 9.63. The number of aromatic nitrogens is 2. The fourth-order valence-electron chi connectivity index (χ4n) is 1.40. The molecule has 2 rings (SSSR count). The smallest absolute Gasteiger partial charge is 0.269 e. The largest absolute Gasteiger partial charge is 0.364 e. The molecule has 0 bridgehead atoms. The zero-order chi connectivity index (χ0) is 13.0. The maximum atomic E-state index is 10.8. The maximum absolute atomic E-state index is 10.8. The van der Waals surface area contributed by atoms with Crippen molar-refractivity contribution in [1.82, 2.24) is 10.2 Å². The molecule has 0 aliphatic heterocycles. The lowest BCUT2D eigenvalue weighted by molar-refractivity contribution is 0.0994. The Morgan fingerprint density at radius 3 is 2.33 bits per heavy atom. The van der Waals surface area contributed by atoms with Crippen molar-refractivity contribution >= 4 is 17.4 Å². The minimum Gasteiger partial charge on any atom is -0.364 e. The van der Waals surface area contributed by atoms with Crippen LogP contribution in [0.5, 0.6) is 0 Å². The van der Waals surface area contributed by atoms with Crippen LogP contribution < -0.4 is 16.8 Å². The van der Waals surface area contributed by atoms with E-state index in [-0.39, 0.29) is 5.69 Å². The lowest BCUT2D eigenvalue weighted by Crippen LogP contribution is -2.13. The third-order valence-electron chi connectivity index (χ3n) is 2.38. The van der Waals surface area contributed by atoms with Gasteiger partial charge in [0.15, 0.2) is 11.5 Å². The summed E-state index contributed by atoms with van der Waals surface area (Å²) < 4.78 is 0. The number of carbonyl (C=O) groups excluding carboxylic acids is 1. The van der Waals surface area contributed by atoms with E-state index in [0.29, 0.717) is 12.4 Å². The van der Waals surface area contributed by atoms with Crippen molar-refractivity contribution < 1.29 is 4.79 Å². The lowest BCUT2D eigenvalue weighted by Gasteiger charge is -2.05. The van der Waals surface area contributed by atoms with Gasteiger partial charge in [-0.25, -0.2) is 0 Å². The van der Waals surface area contributed by atoms with Crippen LogP contribution in [0.15, 0.2) is 36.4 Å². The standard InChI is InChI=1S/C12H13N5O/c13-7-8-1-3-9(4-2-8)15-11-6-5-10(12(14)18)16-17-11/h1-6H,7,13H2,(H2,14,18)(H,15,17). The third kappa shape index (κ3) is 2.80. The lowest BCUT2D eigenvalue weighted by atomic mass is 10.2. The number of benzene rings is 1. The molecule has 0 aliphatic rings. The molecule has 0 atom stereocenters. The van der Waals surface area contributed by atoms with Crippen LogP contribution in [0.3, 0.4) is 0 Å². The predicted molar refractivity (Wildman–Crippen MR) is 68.2 cm³/mol. The van der Waals surface area contributed by atoms with Crippen molar-refractivity contribution in [2.45, 2.75) is 6.54 Å². The summed E-state index contributed by atoms with van der Waals surface area (Å²) in [6.07, 6.45) is 0. The first-order valence-corrected chi connectivity index (χ1v) is 5.38. The van der Waals surface area contributed by atoms with Crippen molar-refractivity contribution in [1.29, 1.82) is 0 Å². The molecular formula is C12H13N5O. The summed E-state index contributed by atoms with van der Waals surface area (Å²) in [5, 5.41) is 10.6. The summed E-state index contributed by atoms with van der Waals surface area (Å²) >= 11 is 0. The normalized spacial score (nSPS) is 10.1. The molecule has 2 aromatic rings. The summed E-state index contributed by atoms with van der Waals surface area (Å²) in [5.41, 5.74) is 12.6. The highest BCUT2D eigenvalue weighted by atomic mass is 16.1. The van der Waals surface area contributed by atoms with E-state index in [0.717, 1.165) is 11.3 Å². The van der Waals surface area contributed by atoms with Crippen LogP contribution in [-0.4, -0.2) is 16.1 Å². The summed E-state index contributed by atoms with van der Waals surface area (Å²) in [4.78, 5) is 10.8. The summed E-state index contributed by atoms with van der Waals surface area (Å²) in [6.45, 7) is 0.507. The molecule has 5 N–H and O–H groups in total. The first-order chi connectivity index (χ1) is 8.69. The Kier molecular flexibility index (Phi) is 3.49. The minimum atomic E-state index is -0.596. The highest BCUT2D eigenvalue weighted by molar-refractivity contribution is 5.90. The Morgan fingerprint density at radius 1 is 1.11 bits per heavy atom. The Bertz CT molecular complexity index is 535. The van der Waals surface area contributed by atoms with Crippen molar-refractivity contribution in [3.63, 3.8) is 0 Å². The average Bonchev–Trinajstić information content (AvgIpc) is 2.40. The first kappa shape index (κ1) is 12.0. The molecule has 1 amide bonds. The van der Waals surface area contributed by atoms with Crippen molar-refractivity contribution in [3.8, 4) is 0 Å². The number of nitrogens with zero attached hydrogens (tertiary/aromatic N) is 2. The average molecular weight is 243 g/mol. The number of hydrogen-bond donors (Lipinski definition) is 3. The van der Waals surface area contributed by atoms with E-state index >= 15 is 0 Å². The quantitative estimate of drug-likeness (QED) is 0.735. The Labute approximate surface area is 104 Å².